The molecular weight excluding hydrogens is 391 g/mol. The van der Waals surface area contributed by atoms with E-state index in [-0.39, 0.29) is 30.0 Å². The third-order valence-corrected chi connectivity index (χ3v) is 3.82. The van der Waals surface area contributed by atoms with Gasteiger partial charge in [-0.3, -0.25) is 9.59 Å². The zero-order chi connectivity index (χ0) is 21.8. The molecule has 2 N–H and O–H groups in total. The standard InChI is InChI=1S/C22H23FN2O5/c1-2-29-22(28)30-19-11-7-17(8-12-19)21(27)25-15-3-14-24-20(26)13-6-16-4-9-18(23)10-5-16/h4-13H,2-3,14-15H2,1H3,(H,24,26)(H,25,27)/b13-6+. The van der Waals surface area contributed by atoms with E-state index < -0.39 is 6.16 Å². The fourth-order valence-corrected chi connectivity index (χ4v) is 2.33. The molecule has 0 aliphatic carbocycles. The van der Waals surface area contributed by atoms with Crippen LogP contribution >= 0.6 is 0 Å². The number of benzene rings is 2. The van der Waals surface area contributed by atoms with Crippen molar-refractivity contribution in [3.05, 3.63) is 71.6 Å². The van der Waals surface area contributed by atoms with Crippen LogP contribution in [0, 0.1) is 5.82 Å². The van der Waals surface area contributed by atoms with Crippen LogP contribution in [-0.2, 0) is 9.53 Å². The van der Waals surface area contributed by atoms with E-state index in [0.29, 0.717) is 25.1 Å². The van der Waals surface area contributed by atoms with E-state index in [4.69, 9.17) is 4.74 Å². The molecule has 2 rings (SSSR count). The van der Waals surface area contributed by atoms with Crippen LogP contribution in [0.3, 0.4) is 0 Å². The Balaban J connectivity index is 1.65. The highest BCUT2D eigenvalue weighted by Crippen LogP contribution is 2.13. The van der Waals surface area contributed by atoms with Crippen LogP contribution in [0.25, 0.3) is 6.08 Å². The molecule has 0 aliphatic rings. The van der Waals surface area contributed by atoms with Crippen molar-refractivity contribution in [1.29, 1.82) is 0 Å². The molecule has 0 aliphatic heterocycles. The van der Waals surface area contributed by atoms with Gasteiger partial charge in [-0.25, -0.2) is 9.18 Å². The summed E-state index contributed by atoms with van der Waals surface area (Å²) in [6, 6.07) is 11.9. The van der Waals surface area contributed by atoms with Gasteiger partial charge in [-0.2, -0.15) is 0 Å². The third kappa shape index (κ3) is 8.14. The molecule has 0 spiro atoms. The van der Waals surface area contributed by atoms with E-state index in [2.05, 4.69) is 15.4 Å². The first-order valence-electron chi connectivity index (χ1n) is 9.42. The molecule has 0 radical (unpaired) electrons. The van der Waals surface area contributed by atoms with Crippen LogP contribution in [0.1, 0.15) is 29.3 Å². The van der Waals surface area contributed by atoms with Gasteiger partial charge in [0, 0.05) is 24.7 Å². The molecule has 0 heterocycles. The lowest BCUT2D eigenvalue weighted by Crippen LogP contribution is -2.29. The van der Waals surface area contributed by atoms with E-state index in [1.165, 1.54) is 42.5 Å². The lowest BCUT2D eigenvalue weighted by atomic mass is 10.2. The average Bonchev–Trinajstić information content (AvgIpc) is 2.73. The molecular formula is C22H23FN2O5. The number of halogens is 1. The topological polar surface area (TPSA) is 93.7 Å². The molecule has 7 nitrogen and oxygen atoms in total. The molecule has 0 saturated carbocycles. The Labute approximate surface area is 173 Å². The summed E-state index contributed by atoms with van der Waals surface area (Å²) in [7, 11) is 0. The van der Waals surface area contributed by atoms with Gasteiger partial charge in [0.25, 0.3) is 5.91 Å². The van der Waals surface area contributed by atoms with Crippen molar-refractivity contribution in [3.63, 3.8) is 0 Å². The number of nitrogens with one attached hydrogen (secondary N) is 2. The number of hydrogen-bond donors (Lipinski definition) is 2. The summed E-state index contributed by atoms with van der Waals surface area (Å²) in [5.41, 5.74) is 1.13. The minimum atomic E-state index is -0.802. The Morgan fingerprint density at radius 3 is 2.30 bits per heavy atom. The molecule has 2 aromatic carbocycles. The number of carbonyl (C=O) groups is 3. The fourth-order valence-electron chi connectivity index (χ4n) is 2.33. The quantitative estimate of drug-likeness (QED) is 0.284. The highest BCUT2D eigenvalue weighted by atomic mass is 19.1. The van der Waals surface area contributed by atoms with Crippen LogP contribution in [0.5, 0.6) is 5.75 Å². The zero-order valence-corrected chi connectivity index (χ0v) is 16.5. The Morgan fingerprint density at radius 2 is 1.63 bits per heavy atom. The maximum atomic E-state index is 12.8. The summed E-state index contributed by atoms with van der Waals surface area (Å²) in [6.07, 6.45) is 2.70. The smallest absolute Gasteiger partial charge is 0.434 e. The predicted molar refractivity (Wildman–Crippen MR) is 109 cm³/mol. The second-order valence-electron chi connectivity index (χ2n) is 6.09. The first kappa shape index (κ1) is 22.6. The van der Waals surface area contributed by atoms with Crippen molar-refractivity contribution in [3.8, 4) is 5.75 Å². The van der Waals surface area contributed by atoms with Gasteiger partial charge in [0.05, 0.1) is 6.61 Å². The van der Waals surface area contributed by atoms with E-state index in [0.717, 1.165) is 5.56 Å². The van der Waals surface area contributed by atoms with E-state index >= 15 is 0 Å². The Bertz CT molecular complexity index is 879. The van der Waals surface area contributed by atoms with Gasteiger partial charge in [0.15, 0.2) is 0 Å². The second-order valence-corrected chi connectivity index (χ2v) is 6.09. The molecule has 158 valence electrons. The summed E-state index contributed by atoms with van der Waals surface area (Å²) in [5.74, 6) is -0.607. The molecule has 2 aromatic rings. The molecule has 0 atom stereocenters. The van der Waals surface area contributed by atoms with E-state index in [1.54, 1.807) is 25.1 Å². The monoisotopic (exact) mass is 414 g/mol. The number of hydrogen-bond acceptors (Lipinski definition) is 5. The first-order valence-corrected chi connectivity index (χ1v) is 9.42. The Hall–Kier alpha value is -3.68. The molecule has 0 fully saturated rings. The third-order valence-electron chi connectivity index (χ3n) is 3.82. The summed E-state index contributed by atoms with van der Waals surface area (Å²) >= 11 is 0. The lowest BCUT2D eigenvalue weighted by Gasteiger charge is -2.07. The zero-order valence-electron chi connectivity index (χ0n) is 16.5. The molecule has 30 heavy (non-hydrogen) atoms. The molecule has 2 amide bonds. The molecule has 0 bridgehead atoms. The largest absolute Gasteiger partial charge is 0.513 e. The summed E-state index contributed by atoms with van der Waals surface area (Å²) < 4.78 is 22.4. The Morgan fingerprint density at radius 1 is 0.967 bits per heavy atom. The van der Waals surface area contributed by atoms with Crippen LogP contribution < -0.4 is 15.4 Å². The first-order chi connectivity index (χ1) is 14.5. The van der Waals surface area contributed by atoms with Crippen molar-refractivity contribution in [1.82, 2.24) is 10.6 Å². The van der Waals surface area contributed by atoms with Gasteiger partial charge >= 0.3 is 6.16 Å². The predicted octanol–water partition coefficient (Wildman–Crippen LogP) is 3.31. The number of amides is 2. The minimum Gasteiger partial charge on any atom is -0.434 e. The number of rotatable bonds is 9. The number of carbonyl (C=O) groups excluding carboxylic acids is 3. The minimum absolute atomic E-state index is 0.213. The lowest BCUT2D eigenvalue weighted by molar-refractivity contribution is -0.116. The van der Waals surface area contributed by atoms with Gasteiger partial charge in [-0.05, 0) is 61.4 Å². The van der Waals surface area contributed by atoms with Crippen LogP contribution in [0.4, 0.5) is 9.18 Å². The maximum absolute atomic E-state index is 12.8. The van der Waals surface area contributed by atoms with Crippen molar-refractivity contribution in [2.24, 2.45) is 0 Å². The van der Waals surface area contributed by atoms with Gasteiger partial charge < -0.3 is 20.1 Å². The van der Waals surface area contributed by atoms with E-state index in [9.17, 15) is 18.8 Å². The second kappa shape index (κ2) is 12.0. The van der Waals surface area contributed by atoms with Gasteiger partial charge in [-0.1, -0.05) is 12.1 Å². The molecule has 0 saturated heterocycles. The normalized spacial score (nSPS) is 10.5. The van der Waals surface area contributed by atoms with Crippen molar-refractivity contribution < 1.29 is 28.2 Å². The molecule has 8 heteroatoms. The average molecular weight is 414 g/mol. The van der Waals surface area contributed by atoms with Gasteiger partial charge in [-0.15, -0.1) is 0 Å². The summed E-state index contributed by atoms with van der Waals surface area (Å²) in [4.78, 5) is 35.1. The van der Waals surface area contributed by atoms with Crippen LogP contribution in [0.2, 0.25) is 0 Å². The van der Waals surface area contributed by atoms with Crippen molar-refractivity contribution in [2.45, 2.75) is 13.3 Å². The highest BCUT2D eigenvalue weighted by molar-refractivity contribution is 5.94. The van der Waals surface area contributed by atoms with Gasteiger partial charge in [0.2, 0.25) is 5.91 Å². The van der Waals surface area contributed by atoms with Crippen LogP contribution in [0.15, 0.2) is 54.6 Å². The molecule has 0 unspecified atom stereocenters. The van der Waals surface area contributed by atoms with Crippen molar-refractivity contribution in [2.75, 3.05) is 19.7 Å². The fraction of sp³-hybridized carbons (Fsp3) is 0.227. The summed E-state index contributed by atoms with van der Waals surface area (Å²) in [6.45, 7) is 2.65. The highest BCUT2D eigenvalue weighted by Gasteiger charge is 2.08. The summed E-state index contributed by atoms with van der Waals surface area (Å²) in [5, 5.41) is 5.44. The number of ether oxygens (including phenoxy) is 2. The van der Waals surface area contributed by atoms with Crippen molar-refractivity contribution >= 4 is 24.0 Å². The maximum Gasteiger partial charge on any atom is 0.513 e. The van der Waals surface area contributed by atoms with Crippen LogP contribution in [-0.4, -0.2) is 37.7 Å². The Kier molecular flexibility index (Phi) is 9.05. The SMILES string of the molecule is CCOC(=O)Oc1ccc(C(=O)NCCCNC(=O)/C=C/c2ccc(F)cc2)cc1. The van der Waals surface area contributed by atoms with E-state index in [1.807, 2.05) is 0 Å². The molecule has 0 aromatic heterocycles. The van der Waals surface area contributed by atoms with Gasteiger partial charge in [0.1, 0.15) is 11.6 Å².